The second-order valence-corrected chi connectivity index (χ2v) is 4.34. The number of rotatable bonds is 6. The van der Waals surface area contributed by atoms with E-state index in [2.05, 4.69) is 15.3 Å². The summed E-state index contributed by atoms with van der Waals surface area (Å²) in [6.45, 7) is 1.02. The number of hydrogen-bond acceptors (Lipinski definition) is 3. The molecule has 0 saturated carbocycles. The molecule has 0 radical (unpaired) electrons. The Morgan fingerprint density at radius 3 is 2.86 bits per heavy atom. The predicted octanol–water partition coefficient (Wildman–Crippen LogP) is 1.94. The minimum absolute atomic E-state index is 0. The summed E-state index contributed by atoms with van der Waals surface area (Å²) in [4.78, 5) is 18.7. The Morgan fingerprint density at radius 2 is 2.14 bits per heavy atom. The lowest BCUT2D eigenvalue weighted by Gasteiger charge is -2.02. The van der Waals surface area contributed by atoms with Crippen LogP contribution in [0.25, 0.3) is 11.0 Å². The topological polar surface area (TPSA) is 83.8 Å². The molecular formula is C13H19Cl2FN4O. The van der Waals surface area contributed by atoms with Crippen molar-refractivity contribution in [3.8, 4) is 0 Å². The predicted molar refractivity (Wildman–Crippen MR) is 85.5 cm³/mol. The van der Waals surface area contributed by atoms with E-state index in [1.807, 2.05) is 0 Å². The number of fused-ring (bicyclic) bond motifs is 1. The molecule has 4 N–H and O–H groups in total. The van der Waals surface area contributed by atoms with Gasteiger partial charge in [0, 0.05) is 19.4 Å². The molecule has 21 heavy (non-hydrogen) atoms. The molecule has 0 unspecified atom stereocenters. The minimum atomic E-state index is -0.294. The fraction of sp³-hybridized carbons (Fsp3) is 0.385. The van der Waals surface area contributed by atoms with Crippen molar-refractivity contribution < 1.29 is 9.18 Å². The van der Waals surface area contributed by atoms with Crippen molar-refractivity contribution in [3.63, 3.8) is 0 Å². The smallest absolute Gasteiger partial charge is 0.220 e. The van der Waals surface area contributed by atoms with Crippen molar-refractivity contribution in [2.75, 3.05) is 13.1 Å². The van der Waals surface area contributed by atoms with Crippen LogP contribution in [0.5, 0.6) is 0 Å². The molecule has 2 aromatic rings. The number of nitrogens with one attached hydrogen (secondary N) is 2. The molecule has 0 saturated heterocycles. The maximum Gasteiger partial charge on any atom is 0.220 e. The molecule has 0 bridgehead atoms. The summed E-state index contributed by atoms with van der Waals surface area (Å²) in [6.07, 6.45) is 1.72. The second kappa shape index (κ2) is 9.55. The molecule has 0 aliphatic rings. The van der Waals surface area contributed by atoms with Gasteiger partial charge in [-0.3, -0.25) is 4.79 Å². The molecule has 1 amide bonds. The lowest BCUT2D eigenvalue weighted by atomic mass is 10.3. The van der Waals surface area contributed by atoms with Crippen LogP contribution in [0.1, 0.15) is 18.7 Å². The van der Waals surface area contributed by atoms with Gasteiger partial charge in [-0.2, -0.15) is 0 Å². The van der Waals surface area contributed by atoms with Crippen LogP contribution < -0.4 is 11.1 Å². The SMILES string of the molecule is Cl.Cl.NCCCC(=O)NCCc1nc2ccc(F)cc2[nH]1. The number of benzene rings is 1. The van der Waals surface area contributed by atoms with E-state index >= 15 is 0 Å². The van der Waals surface area contributed by atoms with Crippen molar-refractivity contribution in [1.29, 1.82) is 0 Å². The number of carbonyl (C=O) groups is 1. The van der Waals surface area contributed by atoms with Crippen molar-refractivity contribution in [3.05, 3.63) is 29.8 Å². The zero-order valence-corrected chi connectivity index (χ0v) is 13.0. The lowest BCUT2D eigenvalue weighted by molar-refractivity contribution is -0.121. The van der Waals surface area contributed by atoms with Crippen LogP contribution >= 0.6 is 24.8 Å². The van der Waals surface area contributed by atoms with Crippen LogP contribution in [-0.2, 0) is 11.2 Å². The first-order valence-electron chi connectivity index (χ1n) is 6.30. The Bertz CT molecular complexity index is 576. The second-order valence-electron chi connectivity index (χ2n) is 4.34. The summed E-state index contributed by atoms with van der Waals surface area (Å²) in [5.41, 5.74) is 6.72. The van der Waals surface area contributed by atoms with Gasteiger partial charge < -0.3 is 16.0 Å². The molecule has 1 aromatic carbocycles. The van der Waals surface area contributed by atoms with Crippen molar-refractivity contribution in [2.24, 2.45) is 5.73 Å². The lowest BCUT2D eigenvalue weighted by Crippen LogP contribution is -2.26. The average molecular weight is 337 g/mol. The number of hydrogen-bond donors (Lipinski definition) is 3. The van der Waals surface area contributed by atoms with E-state index < -0.39 is 0 Å². The quantitative estimate of drug-likeness (QED) is 0.753. The zero-order chi connectivity index (χ0) is 13.7. The third-order valence-electron chi connectivity index (χ3n) is 2.78. The Hall–Kier alpha value is -1.37. The summed E-state index contributed by atoms with van der Waals surface area (Å²) < 4.78 is 13.0. The highest BCUT2D eigenvalue weighted by Crippen LogP contribution is 2.12. The number of imidazole rings is 1. The van der Waals surface area contributed by atoms with E-state index in [0.29, 0.717) is 37.9 Å². The molecule has 1 heterocycles. The van der Waals surface area contributed by atoms with E-state index in [1.54, 1.807) is 6.07 Å². The standard InChI is InChI=1S/C13H17FN4O.2ClH/c14-9-3-4-10-11(8-9)18-12(17-10)5-7-16-13(19)2-1-6-15;;/h3-4,8H,1-2,5-7,15H2,(H,16,19)(H,17,18);2*1H. The molecular weight excluding hydrogens is 318 g/mol. The Kier molecular flexibility index (Phi) is 8.92. The molecule has 8 heteroatoms. The van der Waals surface area contributed by atoms with Gasteiger partial charge in [0.1, 0.15) is 11.6 Å². The summed E-state index contributed by atoms with van der Waals surface area (Å²) in [5.74, 6) is 0.435. The fourth-order valence-corrected chi connectivity index (χ4v) is 1.82. The van der Waals surface area contributed by atoms with Crippen LogP contribution in [0.3, 0.4) is 0 Å². The van der Waals surface area contributed by atoms with Gasteiger partial charge in [0.25, 0.3) is 0 Å². The number of aromatic nitrogens is 2. The average Bonchev–Trinajstić information content (AvgIpc) is 2.78. The van der Waals surface area contributed by atoms with Gasteiger partial charge in [0.05, 0.1) is 11.0 Å². The van der Waals surface area contributed by atoms with E-state index in [4.69, 9.17) is 5.73 Å². The molecule has 0 spiro atoms. The van der Waals surface area contributed by atoms with E-state index in [9.17, 15) is 9.18 Å². The van der Waals surface area contributed by atoms with E-state index in [1.165, 1.54) is 12.1 Å². The van der Waals surface area contributed by atoms with Crippen molar-refractivity contribution >= 4 is 41.8 Å². The van der Waals surface area contributed by atoms with E-state index in [0.717, 1.165) is 11.3 Å². The van der Waals surface area contributed by atoms with Gasteiger partial charge in [-0.1, -0.05) is 0 Å². The molecule has 0 aliphatic carbocycles. The largest absolute Gasteiger partial charge is 0.356 e. The van der Waals surface area contributed by atoms with Crippen LogP contribution in [0.4, 0.5) is 4.39 Å². The maximum atomic E-state index is 13.0. The molecule has 0 aliphatic heterocycles. The van der Waals surface area contributed by atoms with Gasteiger partial charge in [-0.25, -0.2) is 9.37 Å². The first-order chi connectivity index (χ1) is 9.19. The first-order valence-corrected chi connectivity index (χ1v) is 6.30. The Morgan fingerprint density at radius 1 is 1.38 bits per heavy atom. The van der Waals surface area contributed by atoms with Gasteiger partial charge in [-0.15, -0.1) is 24.8 Å². The fourth-order valence-electron chi connectivity index (χ4n) is 1.82. The van der Waals surface area contributed by atoms with Crippen LogP contribution in [0, 0.1) is 5.82 Å². The van der Waals surface area contributed by atoms with Gasteiger partial charge >= 0.3 is 0 Å². The number of halogens is 3. The Labute approximate surface area is 134 Å². The van der Waals surface area contributed by atoms with E-state index in [-0.39, 0.29) is 36.5 Å². The first kappa shape index (κ1) is 19.6. The maximum absolute atomic E-state index is 13.0. The number of nitrogens with zero attached hydrogens (tertiary/aromatic N) is 1. The third-order valence-corrected chi connectivity index (χ3v) is 2.78. The van der Waals surface area contributed by atoms with Crippen LogP contribution in [0.15, 0.2) is 18.2 Å². The normalized spacial score (nSPS) is 9.81. The zero-order valence-electron chi connectivity index (χ0n) is 11.4. The van der Waals surface area contributed by atoms with Gasteiger partial charge in [0.15, 0.2) is 0 Å². The highest BCUT2D eigenvalue weighted by Gasteiger charge is 2.05. The molecule has 0 atom stereocenters. The van der Waals surface area contributed by atoms with Crippen LogP contribution in [0.2, 0.25) is 0 Å². The molecule has 118 valence electrons. The Balaban J connectivity index is 0.00000200. The molecule has 1 aromatic heterocycles. The number of carbonyl (C=O) groups excluding carboxylic acids is 1. The minimum Gasteiger partial charge on any atom is -0.356 e. The number of amides is 1. The number of nitrogens with two attached hydrogens (primary N) is 1. The van der Waals surface area contributed by atoms with Crippen LogP contribution in [-0.4, -0.2) is 29.0 Å². The monoisotopic (exact) mass is 336 g/mol. The summed E-state index contributed by atoms with van der Waals surface area (Å²) in [5, 5.41) is 2.79. The molecule has 0 fully saturated rings. The molecule has 2 rings (SSSR count). The van der Waals surface area contributed by atoms with Crippen molar-refractivity contribution in [1.82, 2.24) is 15.3 Å². The summed E-state index contributed by atoms with van der Waals surface area (Å²) >= 11 is 0. The molecule has 5 nitrogen and oxygen atoms in total. The highest BCUT2D eigenvalue weighted by molar-refractivity contribution is 5.85. The third kappa shape index (κ3) is 5.87. The summed E-state index contributed by atoms with van der Waals surface area (Å²) in [6, 6.07) is 4.41. The summed E-state index contributed by atoms with van der Waals surface area (Å²) in [7, 11) is 0. The van der Waals surface area contributed by atoms with Gasteiger partial charge in [0.2, 0.25) is 5.91 Å². The highest BCUT2D eigenvalue weighted by atomic mass is 35.5. The number of aromatic amines is 1. The van der Waals surface area contributed by atoms with Crippen molar-refractivity contribution in [2.45, 2.75) is 19.3 Å². The van der Waals surface area contributed by atoms with Gasteiger partial charge in [-0.05, 0) is 31.2 Å². The number of H-pyrrole nitrogens is 1.